The Morgan fingerprint density at radius 1 is 1.55 bits per heavy atom. The molecule has 7 heteroatoms. The molecule has 2 heterocycles. The lowest BCUT2D eigenvalue weighted by atomic mass is 10.2. The van der Waals surface area contributed by atoms with Gasteiger partial charge >= 0.3 is 0 Å². The highest BCUT2D eigenvalue weighted by atomic mass is 79.9. The van der Waals surface area contributed by atoms with E-state index in [0.29, 0.717) is 11.1 Å². The molecule has 0 N–H and O–H groups in total. The van der Waals surface area contributed by atoms with Gasteiger partial charge in [0.1, 0.15) is 0 Å². The third-order valence-corrected chi connectivity index (χ3v) is 4.67. The summed E-state index contributed by atoms with van der Waals surface area (Å²) in [5.74, 6) is 0.899. The molecule has 2 aromatic rings. The van der Waals surface area contributed by atoms with E-state index in [1.165, 1.54) is 0 Å². The molecule has 22 heavy (non-hydrogen) atoms. The minimum Gasteiger partial charge on any atom is -0.309 e. The highest BCUT2D eigenvalue weighted by Crippen LogP contribution is 2.27. The monoisotopic (exact) mass is 382 g/mol. The third kappa shape index (κ3) is 3.70. The maximum Gasteiger partial charge on any atom is 0.230 e. The molecule has 5 nitrogen and oxygen atoms in total. The Hall–Kier alpha value is -1.34. The topological polar surface area (TPSA) is 51.0 Å². The van der Waals surface area contributed by atoms with Crippen LogP contribution in [0.5, 0.6) is 0 Å². The van der Waals surface area contributed by atoms with Crippen LogP contribution < -0.4 is 4.90 Å². The molecular weight excluding hydrogens is 364 g/mol. The maximum absolute atomic E-state index is 12.6. The Kier molecular flexibility index (Phi) is 6.02. The molecule has 0 fully saturated rings. The summed E-state index contributed by atoms with van der Waals surface area (Å²) in [5, 5.41) is 4.43. The third-order valence-electron chi connectivity index (χ3n) is 3.27. The molecule has 0 aliphatic rings. The van der Waals surface area contributed by atoms with Gasteiger partial charge in [-0.15, -0.1) is 0 Å². The van der Waals surface area contributed by atoms with Gasteiger partial charge < -0.3 is 4.90 Å². The molecule has 1 amide bonds. The first-order valence-corrected chi connectivity index (χ1v) is 9.23. The van der Waals surface area contributed by atoms with Crippen molar-refractivity contribution in [2.45, 2.75) is 13.8 Å². The lowest BCUT2D eigenvalue weighted by Gasteiger charge is -2.23. The van der Waals surface area contributed by atoms with Crippen molar-refractivity contribution in [2.75, 3.05) is 23.5 Å². The fourth-order valence-corrected chi connectivity index (χ4v) is 3.31. The first-order valence-electron chi connectivity index (χ1n) is 7.04. The Morgan fingerprint density at radius 2 is 2.32 bits per heavy atom. The molecule has 1 unspecified atom stereocenters. The van der Waals surface area contributed by atoms with Crippen molar-refractivity contribution in [3.8, 4) is 5.69 Å². The molecule has 0 spiro atoms. The van der Waals surface area contributed by atoms with Crippen molar-refractivity contribution in [2.24, 2.45) is 5.92 Å². The fraction of sp³-hybridized carbons (Fsp3) is 0.400. The Bertz CT molecular complexity index is 632. The highest BCUT2D eigenvalue weighted by Gasteiger charge is 2.24. The summed E-state index contributed by atoms with van der Waals surface area (Å²) in [6.07, 6.45) is 7.32. The van der Waals surface area contributed by atoms with Crippen LogP contribution in [-0.4, -0.2) is 39.2 Å². The van der Waals surface area contributed by atoms with Crippen molar-refractivity contribution >= 4 is 39.3 Å². The summed E-state index contributed by atoms with van der Waals surface area (Å²) in [4.78, 5) is 18.5. The van der Waals surface area contributed by atoms with E-state index in [9.17, 15) is 4.79 Å². The number of carbonyl (C=O) groups excluding carboxylic acids is 1. The van der Waals surface area contributed by atoms with Gasteiger partial charge in [0.15, 0.2) is 4.60 Å². The number of rotatable bonds is 6. The average Bonchev–Trinajstić information content (AvgIpc) is 2.91. The normalized spacial score (nSPS) is 12.2. The molecule has 0 aliphatic carbocycles. The van der Waals surface area contributed by atoms with E-state index in [1.54, 1.807) is 33.7 Å². The summed E-state index contributed by atoms with van der Waals surface area (Å²) in [7, 11) is 0. The Labute approximate surface area is 143 Å². The summed E-state index contributed by atoms with van der Waals surface area (Å²) < 4.78 is 2.38. The van der Waals surface area contributed by atoms with Crippen molar-refractivity contribution in [1.29, 1.82) is 0 Å². The van der Waals surface area contributed by atoms with Gasteiger partial charge in [-0.1, -0.05) is 6.92 Å². The zero-order valence-electron chi connectivity index (χ0n) is 12.9. The molecular formula is C15H19BrN4OS. The van der Waals surface area contributed by atoms with Crippen LogP contribution in [0.4, 0.5) is 5.69 Å². The zero-order chi connectivity index (χ0) is 16.1. The second kappa shape index (κ2) is 7.78. The summed E-state index contributed by atoms with van der Waals surface area (Å²) in [6, 6.07) is 3.78. The van der Waals surface area contributed by atoms with Crippen molar-refractivity contribution in [3.05, 3.63) is 35.3 Å². The smallest absolute Gasteiger partial charge is 0.230 e. The molecule has 0 saturated carbocycles. The van der Waals surface area contributed by atoms with Crippen LogP contribution in [0.1, 0.15) is 13.8 Å². The average molecular weight is 383 g/mol. The number of hydrogen-bond acceptors (Lipinski definition) is 4. The molecule has 1 atom stereocenters. The summed E-state index contributed by atoms with van der Waals surface area (Å²) in [5.41, 5.74) is 1.64. The number of halogens is 1. The molecule has 0 aliphatic heterocycles. The van der Waals surface area contributed by atoms with Crippen molar-refractivity contribution < 1.29 is 4.79 Å². The van der Waals surface area contributed by atoms with Gasteiger partial charge in [0.25, 0.3) is 0 Å². The van der Waals surface area contributed by atoms with E-state index in [-0.39, 0.29) is 11.8 Å². The Balaban J connectivity index is 2.31. The number of aromatic nitrogens is 3. The lowest BCUT2D eigenvalue weighted by Crippen LogP contribution is -2.36. The van der Waals surface area contributed by atoms with E-state index >= 15 is 0 Å². The molecule has 0 saturated heterocycles. The first kappa shape index (κ1) is 17.0. The molecule has 118 valence electrons. The number of carbonyl (C=O) groups is 1. The number of hydrogen-bond donors (Lipinski definition) is 0. The minimum atomic E-state index is -0.0245. The van der Waals surface area contributed by atoms with E-state index in [2.05, 4.69) is 26.0 Å². The number of pyridine rings is 1. The largest absolute Gasteiger partial charge is 0.309 e. The van der Waals surface area contributed by atoms with Crippen LogP contribution in [0, 0.1) is 5.92 Å². The van der Waals surface area contributed by atoms with Gasteiger partial charge in [0.05, 0.1) is 23.8 Å². The molecule has 0 radical (unpaired) electrons. The summed E-state index contributed by atoms with van der Waals surface area (Å²) >= 11 is 5.14. The predicted octanol–water partition coefficient (Wildman–Crippen LogP) is 3.38. The number of thioether (sulfide) groups is 1. The second-order valence-corrected chi connectivity index (χ2v) is 6.56. The van der Waals surface area contributed by atoms with Crippen LogP contribution in [0.15, 0.2) is 35.3 Å². The van der Waals surface area contributed by atoms with Gasteiger partial charge in [-0.25, -0.2) is 4.68 Å². The lowest BCUT2D eigenvalue weighted by molar-refractivity contribution is -0.121. The van der Waals surface area contributed by atoms with Crippen molar-refractivity contribution in [3.63, 3.8) is 0 Å². The molecule has 0 aromatic carbocycles. The summed E-state index contributed by atoms with van der Waals surface area (Å²) in [6.45, 7) is 4.54. The van der Waals surface area contributed by atoms with E-state index in [4.69, 9.17) is 0 Å². The van der Waals surface area contributed by atoms with Crippen LogP contribution in [0.3, 0.4) is 0 Å². The highest BCUT2D eigenvalue weighted by molar-refractivity contribution is 9.10. The second-order valence-electron chi connectivity index (χ2n) is 4.90. The van der Waals surface area contributed by atoms with Crippen molar-refractivity contribution in [1.82, 2.24) is 14.8 Å². The SMILES string of the molecule is CCN(C(=O)C(C)CSC)c1cn(-c2cccnc2)nc1Br. The van der Waals surface area contributed by atoms with Gasteiger partial charge in [0.2, 0.25) is 5.91 Å². The maximum atomic E-state index is 12.6. The number of amides is 1. The van der Waals surface area contributed by atoms with Gasteiger partial charge in [-0.3, -0.25) is 9.78 Å². The number of anilines is 1. The zero-order valence-corrected chi connectivity index (χ0v) is 15.3. The van der Waals surface area contributed by atoms with E-state index < -0.39 is 0 Å². The minimum absolute atomic E-state index is 0.0245. The van der Waals surface area contributed by atoms with Crippen LogP contribution in [0.2, 0.25) is 0 Å². The van der Waals surface area contributed by atoms with Crippen LogP contribution in [-0.2, 0) is 4.79 Å². The van der Waals surface area contributed by atoms with Gasteiger partial charge in [-0.2, -0.15) is 16.9 Å². The Morgan fingerprint density at radius 3 is 2.91 bits per heavy atom. The van der Waals surface area contributed by atoms with Gasteiger partial charge in [0, 0.05) is 24.4 Å². The predicted molar refractivity (Wildman–Crippen MR) is 94.6 cm³/mol. The standard InChI is InChI=1S/C15H19BrN4OS/c1-4-19(15(21)11(2)10-22-3)13-9-20(18-14(13)16)12-6-5-7-17-8-12/h5-9,11H,4,10H2,1-3H3. The molecule has 2 rings (SSSR count). The number of nitrogens with zero attached hydrogens (tertiary/aromatic N) is 4. The van der Waals surface area contributed by atoms with Crippen LogP contribution in [0.25, 0.3) is 5.69 Å². The molecule has 2 aromatic heterocycles. The van der Waals surface area contributed by atoms with Gasteiger partial charge in [-0.05, 0) is 41.2 Å². The first-order chi connectivity index (χ1) is 10.6. The van der Waals surface area contributed by atoms with E-state index in [0.717, 1.165) is 17.1 Å². The van der Waals surface area contributed by atoms with Crippen LogP contribution >= 0.6 is 27.7 Å². The fourth-order valence-electron chi connectivity index (χ4n) is 2.18. The molecule has 0 bridgehead atoms. The van der Waals surface area contributed by atoms with E-state index in [1.807, 2.05) is 38.4 Å². The quantitative estimate of drug-likeness (QED) is 0.768.